The minimum Gasteiger partial charge on any atom is -0.506 e. The zero-order valence-corrected chi connectivity index (χ0v) is 14.5. The van der Waals surface area contributed by atoms with Gasteiger partial charge >= 0.3 is 5.97 Å². The Morgan fingerprint density at radius 3 is 2.61 bits per heavy atom. The molecule has 0 unspecified atom stereocenters. The molecule has 0 aliphatic carbocycles. The highest BCUT2D eigenvalue weighted by molar-refractivity contribution is 5.99. The average molecular weight is 378 g/mol. The third-order valence-electron chi connectivity index (χ3n) is 3.87. The van der Waals surface area contributed by atoms with Gasteiger partial charge in [0.15, 0.2) is 11.2 Å². The number of aromatic nitrogens is 1. The normalized spacial score (nSPS) is 10.3. The van der Waals surface area contributed by atoms with Crippen molar-refractivity contribution in [3.05, 3.63) is 75.5 Å². The van der Waals surface area contributed by atoms with Crippen LogP contribution >= 0.6 is 0 Å². The topological polar surface area (TPSA) is 123 Å². The van der Waals surface area contributed by atoms with Gasteiger partial charge in [-0.15, -0.1) is 0 Å². The van der Waals surface area contributed by atoms with Crippen molar-refractivity contribution < 1.29 is 24.7 Å². The first-order valence-corrected chi connectivity index (χ1v) is 8.13. The van der Waals surface area contributed by atoms with Gasteiger partial charge in [-0.1, -0.05) is 48.2 Å². The fourth-order valence-corrected chi connectivity index (χ4v) is 2.59. The SMILES string of the molecule is O=C(O)c1nc2c([N+](=O)[O-])cccc2c(O)c1C#CCOCc1ccccc1. The number of aromatic hydroxyl groups is 1. The number of para-hydroxylation sites is 1. The highest BCUT2D eigenvalue weighted by atomic mass is 16.6. The third kappa shape index (κ3) is 3.90. The Kier molecular flexibility index (Phi) is 5.48. The smallest absolute Gasteiger partial charge is 0.355 e. The number of nitro groups is 1. The number of carboxylic acid groups (broad SMARTS) is 1. The van der Waals surface area contributed by atoms with Crippen molar-refractivity contribution in [1.29, 1.82) is 0 Å². The number of nitrogens with zero attached hydrogens (tertiary/aromatic N) is 2. The highest BCUT2D eigenvalue weighted by Gasteiger charge is 2.23. The van der Waals surface area contributed by atoms with Crippen LogP contribution in [0.15, 0.2) is 48.5 Å². The van der Waals surface area contributed by atoms with Gasteiger partial charge in [0.1, 0.15) is 17.9 Å². The molecular weight excluding hydrogens is 364 g/mol. The van der Waals surface area contributed by atoms with Crippen molar-refractivity contribution in [2.24, 2.45) is 0 Å². The fraction of sp³-hybridized carbons (Fsp3) is 0.100. The monoisotopic (exact) mass is 378 g/mol. The predicted molar refractivity (Wildman–Crippen MR) is 100.0 cm³/mol. The van der Waals surface area contributed by atoms with Crippen LogP contribution in [0.5, 0.6) is 5.75 Å². The van der Waals surface area contributed by atoms with Gasteiger partial charge in [0.05, 0.1) is 16.9 Å². The first-order valence-electron chi connectivity index (χ1n) is 8.13. The minimum absolute atomic E-state index is 0.000365. The van der Waals surface area contributed by atoms with Crippen LogP contribution < -0.4 is 0 Å². The second-order valence-corrected chi connectivity index (χ2v) is 5.70. The molecule has 0 bridgehead atoms. The minimum atomic E-state index is -1.45. The summed E-state index contributed by atoms with van der Waals surface area (Å²) in [5.74, 6) is 3.27. The van der Waals surface area contributed by atoms with E-state index in [0.29, 0.717) is 6.61 Å². The Hall–Kier alpha value is -3.96. The molecule has 8 heteroatoms. The maximum atomic E-state index is 11.5. The molecule has 2 N–H and O–H groups in total. The Labute approximate surface area is 159 Å². The molecule has 3 aromatic rings. The number of aromatic carboxylic acids is 1. The molecule has 0 saturated carbocycles. The number of nitro benzene ring substituents is 1. The number of ether oxygens (including phenoxy) is 1. The van der Waals surface area contributed by atoms with Gasteiger partial charge in [0, 0.05) is 6.07 Å². The first kappa shape index (κ1) is 18.8. The number of non-ortho nitro benzene ring substituents is 1. The van der Waals surface area contributed by atoms with Crippen molar-refractivity contribution >= 4 is 22.6 Å². The van der Waals surface area contributed by atoms with Crippen LogP contribution in [0, 0.1) is 22.0 Å². The van der Waals surface area contributed by atoms with Crippen molar-refractivity contribution in [2.75, 3.05) is 6.61 Å². The molecule has 0 aliphatic rings. The summed E-state index contributed by atoms with van der Waals surface area (Å²) in [6.45, 7) is 0.329. The van der Waals surface area contributed by atoms with Crippen molar-refractivity contribution in [2.45, 2.75) is 6.61 Å². The van der Waals surface area contributed by atoms with E-state index in [1.165, 1.54) is 18.2 Å². The van der Waals surface area contributed by atoms with E-state index >= 15 is 0 Å². The largest absolute Gasteiger partial charge is 0.506 e. The maximum absolute atomic E-state index is 11.5. The molecule has 3 rings (SSSR count). The number of fused-ring (bicyclic) bond motifs is 1. The number of hydrogen-bond acceptors (Lipinski definition) is 6. The number of hydrogen-bond donors (Lipinski definition) is 2. The summed E-state index contributed by atoms with van der Waals surface area (Å²) in [5.41, 5.74) is -0.439. The van der Waals surface area contributed by atoms with Gasteiger partial charge in [-0.3, -0.25) is 10.1 Å². The number of pyridine rings is 1. The van der Waals surface area contributed by atoms with Crippen LogP contribution in [0.3, 0.4) is 0 Å². The molecule has 0 fully saturated rings. The second kappa shape index (κ2) is 8.16. The lowest BCUT2D eigenvalue weighted by Crippen LogP contribution is -2.06. The molecule has 0 saturated heterocycles. The summed E-state index contributed by atoms with van der Waals surface area (Å²) in [6.07, 6.45) is 0. The van der Waals surface area contributed by atoms with Crippen LogP contribution in [0.4, 0.5) is 5.69 Å². The highest BCUT2D eigenvalue weighted by Crippen LogP contribution is 2.33. The van der Waals surface area contributed by atoms with E-state index in [-0.39, 0.29) is 23.1 Å². The van der Waals surface area contributed by atoms with Crippen molar-refractivity contribution in [3.8, 4) is 17.6 Å². The number of carboxylic acids is 1. The number of benzene rings is 2. The first-order chi connectivity index (χ1) is 13.5. The molecule has 0 amide bonds. The van der Waals surface area contributed by atoms with Gasteiger partial charge < -0.3 is 14.9 Å². The lowest BCUT2D eigenvalue weighted by molar-refractivity contribution is -0.383. The van der Waals surface area contributed by atoms with E-state index in [4.69, 9.17) is 4.74 Å². The third-order valence-corrected chi connectivity index (χ3v) is 3.87. The summed E-state index contributed by atoms with van der Waals surface area (Å²) in [7, 11) is 0. The van der Waals surface area contributed by atoms with E-state index in [1.807, 2.05) is 30.3 Å². The molecule has 2 aromatic carbocycles. The summed E-state index contributed by atoms with van der Waals surface area (Å²) in [4.78, 5) is 25.8. The quantitative estimate of drug-likeness (QED) is 0.303. The molecule has 0 atom stereocenters. The van der Waals surface area contributed by atoms with Crippen molar-refractivity contribution in [3.63, 3.8) is 0 Å². The number of rotatable bonds is 5. The summed E-state index contributed by atoms with van der Waals surface area (Å²) < 4.78 is 5.41. The van der Waals surface area contributed by atoms with Crippen LogP contribution in [0.2, 0.25) is 0 Å². The van der Waals surface area contributed by atoms with E-state index < -0.39 is 28.0 Å². The Balaban J connectivity index is 1.92. The van der Waals surface area contributed by atoms with Gasteiger partial charge in [-0.05, 0) is 11.6 Å². The van der Waals surface area contributed by atoms with Gasteiger partial charge in [0.2, 0.25) is 0 Å². The van der Waals surface area contributed by atoms with Crippen LogP contribution in [0.25, 0.3) is 10.9 Å². The van der Waals surface area contributed by atoms with Gasteiger partial charge in [0.25, 0.3) is 5.69 Å². The molecule has 0 aliphatic heterocycles. The lowest BCUT2D eigenvalue weighted by Gasteiger charge is -2.07. The Bertz CT molecular complexity index is 1120. The van der Waals surface area contributed by atoms with Crippen LogP contribution in [-0.4, -0.2) is 32.7 Å². The van der Waals surface area contributed by atoms with E-state index in [1.54, 1.807) is 0 Å². The van der Waals surface area contributed by atoms with Crippen LogP contribution in [0.1, 0.15) is 21.6 Å². The molecule has 8 nitrogen and oxygen atoms in total. The van der Waals surface area contributed by atoms with Crippen molar-refractivity contribution in [1.82, 2.24) is 4.98 Å². The lowest BCUT2D eigenvalue weighted by atomic mass is 10.1. The Morgan fingerprint density at radius 1 is 1.18 bits per heavy atom. The standard InChI is InChI=1S/C20H14N2O6/c23-19-14-8-4-10-16(22(26)27)17(14)21-18(20(24)25)15(19)9-5-11-28-12-13-6-2-1-3-7-13/h1-4,6-8,10H,11-12H2,(H,21,23)(H,24,25). The average Bonchev–Trinajstić information content (AvgIpc) is 2.69. The molecule has 0 radical (unpaired) electrons. The molecular formula is C20H14N2O6. The van der Waals surface area contributed by atoms with Gasteiger partial charge in [-0.2, -0.15) is 0 Å². The fourth-order valence-electron chi connectivity index (χ4n) is 2.59. The van der Waals surface area contributed by atoms with Gasteiger partial charge in [-0.25, -0.2) is 9.78 Å². The predicted octanol–water partition coefficient (Wildman–Crippen LogP) is 3.12. The summed E-state index contributed by atoms with van der Waals surface area (Å²) in [6, 6.07) is 13.4. The summed E-state index contributed by atoms with van der Waals surface area (Å²) >= 11 is 0. The molecule has 1 aromatic heterocycles. The zero-order valence-electron chi connectivity index (χ0n) is 14.5. The van der Waals surface area contributed by atoms with E-state index in [2.05, 4.69) is 16.8 Å². The number of carbonyl (C=O) groups is 1. The zero-order chi connectivity index (χ0) is 20.1. The maximum Gasteiger partial charge on any atom is 0.355 e. The summed E-state index contributed by atoms with van der Waals surface area (Å²) in [5, 5.41) is 31.0. The Morgan fingerprint density at radius 2 is 1.93 bits per heavy atom. The molecule has 140 valence electrons. The van der Waals surface area contributed by atoms with E-state index in [9.17, 15) is 25.1 Å². The van der Waals surface area contributed by atoms with Crippen LogP contribution in [-0.2, 0) is 11.3 Å². The molecule has 28 heavy (non-hydrogen) atoms. The van der Waals surface area contributed by atoms with E-state index in [0.717, 1.165) is 5.56 Å². The second-order valence-electron chi connectivity index (χ2n) is 5.70. The molecule has 0 spiro atoms. The molecule has 1 heterocycles.